The van der Waals surface area contributed by atoms with Crippen LogP contribution >= 0.6 is 0 Å². The molecule has 1 amide bonds. The number of carbonyl (C=O) groups is 1. The Morgan fingerprint density at radius 2 is 1.77 bits per heavy atom. The van der Waals surface area contributed by atoms with Crippen LogP contribution in [0, 0.1) is 0 Å². The first-order valence-electron chi connectivity index (χ1n) is 10.9. The quantitative estimate of drug-likeness (QED) is 0.337. The fourth-order valence-electron chi connectivity index (χ4n) is 3.09. The number of rotatable bonds is 14. The third-order valence-corrected chi connectivity index (χ3v) is 5.00. The van der Waals surface area contributed by atoms with Gasteiger partial charge >= 0.3 is 0 Å². The lowest BCUT2D eigenvalue weighted by molar-refractivity contribution is 0.1000. The highest BCUT2D eigenvalue weighted by Crippen LogP contribution is 2.20. The Morgan fingerprint density at radius 1 is 1.03 bits per heavy atom. The molecule has 0 saturated heterocycles. The number of ether oxygens (including phenoxy) is 1. The van der Waals surface area contributed by atoms with Crippen molar-refractivity contribution in [3.05, 3.63) is 65.9 Å². The highest BCUT2D eigenvalue weighted by atomic mass is 16.5. The molecule has 0 aliphatic heterocycles. The molecule has 2 N–H and O–H groups in total. The van der Waals surface area contributed by atoms with E-state index in [1.165, 1.54) is 43.9 Å². The van der Waals surface area contributed by atoms with Crippen LogP contribution in [0.3, 0.4) is 0 Å². The van der Waals surface area contributed by atoms with Gasteiger partial charge < -0.3 is 15.4 Å². The first-order chi connectivity index (χ1) is 14.6. The molecule has 0 aliphatic carbocycles. The number of carbonyl (C=O) groups excluding carboxylic acids is 1. The second-order valence-electron chi connectivity index (χ2n) is 7.66. The lowest BCUT2D eigenvalue weighted by Crippen LogP contribution is -2.22. The summed E-state index contributed by atoms with van der Waals surface area (Å²) in [5.41, 5.74) is 6.86. The monoisotopic (exact) mass is 409 g/mol. The zero-order valence-corrected chi connectivity index (χ0v) is 18.3. The molecule has 0 spiro atoms. The standard InChI is InChI=1S/C25H35N3O2/c1-3-4-5-6-7-8-9-10-18-28(2)19-17-21-11-14-23(15-12-21)30-24-16-13-22(20-27-24)25(26)29/h7-8,11-16,20H,3-6,9-10,17-19H2,1-2H3,(H2,26,29). The number of amides is 1. The Morgan fingerprint density at radius 3 is 2.40 bits per heavy atom. The van der Waals surface area contributed by atoms with E-state index < -0.39 is 5.91 Å². The number of primary amides is 1. The Hall–Kier alpha value is -2.66. The molecule has 1 aromatic carbocycles. The van der Waals surface area contributed by atoms with Crippen LogP contribution in [0.5, 0.6) is 11.6 Å². The van der Waals surface area contributed by atoms with Gasteiger partial charge in [-0.1, -0.05) is 44.1 Å². The molecule has 2 rings (SSSR count). The summed E-state index contributed by atoms with van der Waals surface area (Å²) in [4.78, 5) is 17.6. The molecule has 1 aromatic heterocycles. The van der Waals surface area contributed by atoms with Crippen molar-refractivity contribution in [2.45, 2.75) is 51.9 Å². The average molecular weight is 410 g/mol. The van der Waals surface area contributed by atoms with Crippen LogP contribution in [0.25, 0.3) is 0 Å². The number of pyridine rings is 1. The molecule has 30 heavy (non-hydrogen) atoms. The van der Waals surface area contributed by atoms with Gasteiger partial charge in [0.2, 0.25) is 11.8 Å². The molecule has 162 valence electrons. The Balaban J connectivity index is 1.66. The van der Waals surface area contributed by atoms with Crippen LogP contribution in [0.1, 0.15) is 61.4 Å². The van der Waals surface area contributed by atoms with Gasteiger partial charge in [0.1, 0.15) is 5.75 Å². The Kier molecular flexibility index (Phi) is 10.7. The molecule has 0 atom stereocenters. The molecule has 0 unspecified atom stereocenters. The lowest BCUT2D eigenvalue weighted by atomic mass is 10.1. The van der Waals surface area contributed by atoms with Crippen molar-refractivity contribution in [2.24, 2.45) is 5.73 Å². The van der Waals surface area contributed by atoms with Gasteiger partial charge in [-0.15, -0.1) is 0 Å². The first-order valence-corrected chi connectivity index (χ1v) is 10.9. The number of nitrogens with zero attached hydrogens (tertiary/aromatic N) is 2. The van der Waals surface area contributed by atoms with Crippen molar-refractivity contribution in [3.8, 4) is 11.6 Å². The topological polar surface area (TPSA) is 68.5 Å². The van der Waals surface area contributed by atoms with E-state index in [4.69, 9.17) is 10.5 Å². The third-order valence-electron chi connectivity index (χ3n) is 5.00. The van der Waals surface area contributed by atoms with Gasteiger partial charge in [-0.3, -0.25) is 4.79 Å². The predicted octanol–water partition coefficient (Wildman–Crippen LogP) is 5.36. The molecule has 5 heteroatoms. The number of allylic oxidation sites excluding steroid dienone is 2. The minimum Gasteiger partial charge on any atom is -0.439 e. The predicted molar refractivity (Wildman–Crippen MR) is 123 cm³/mol. The molecular formula is C25H35N3O2. The fraction of sp³-hybridized carbons (Fsp3) is 0.440. The Labute approximate surface area is 181 Å². The van der Waals surface area contributed by atoms with Gasteiger partial charge in [-0.2, -0.15) is 0 Å². The zero-order valence-electron chi connectivity index (χ0n) is 18.3. The summed E-state index contributed by atoms with van der Waals surface area (Å²) in [6.45, 7) is 4.40. The normalized spacial score (nSPS) is 11.3. The molecule has 1 heterocycles. The molecule has 0 aliphatic rings. The molecule has 2 aromatic rings. The fourth-order valence-corrected chi connectivity index (χ4v) is 3.09. The molecule has 0 radical (unpaired) electrons. The number of aromatic nitrogens is 1. The summed E-state index contributed by atoms with van der Waals surface area (Å²) in [7, 11) is 2.18. The van der Waals surface area contributed by atoms with Crippen LogP contribution in [-0.4, -0.2) is 35.9 Å². The summed E-state index contributed by atoms with van der Waals surface area (Å²) in [6.07, 6.45) is 14.6. The maximum absolute atomic E-state index is 11.1. The first kappa shape index (κ1) is 23.6. The molecule has 0 bridgehead atoms. The van der Waals surface area contributed by atoms with Crippen molar-refractivity contribution < 1.29 is 9.53 Å². The van der Waals surface area contributed by atoms with Crippen LogP contribution in [0.4, 0.5) is 0 Å². The minimum absolute atomic E-state index is 0.366. The van der Waals surface area contributed by atoms with Gasteiger partial charge in [0.05, 0.1) is 5.56 Å². The van der Waals surface area contributed by atoms with Crippen LogP contribution in [-0.2, 0) is 6.42 Å². The number of nitrogens with two attached hydrogens (primary N) is 1. The van der Waals surface area contributed by atoms with E-state index in [2.05, 4.69) is 48.1 Å². The highest BCUT2D eigenvalue weighted by molar-refractivity contribution is 5.92. The van der Waals surface area contributed by atoms with E-state index >= 15 is 0 Å². The maximum Gasteiger partial charge on any atom is 0.250 e. The van der Waals surface area contributed by atoms with Crippen molar-refractivity contribution >= 4 is 5.91 Å². The number of hydrogen-bond donors (Lipinski definition) is 1. The van der Waals surface area contributed by atoms with E-state index in [0.717, 1.165) is 31.7 Å². The summed E-state index contributed by atoms with van der Waals surface area (Å²) in [6, 6.07) is 11.3. The van der Waals surface area contributed by atoms with Gasteiger partial charge in [0.25, 0.3) is 0 Å². The Bertz CT molecular complexity index is 770. The summed E-state index contributed by atoms with van der Waals surface area (Å²) >= 11 is 0. The number of hydrogen-bond acceptors (Lipinski definition) is 4. The third kappa shape index (κ3) is 9.23. The summed E-state index contributed by atoms with van der Waals surface area (Å²) in [5, 5.41) is 0. The van der Waals surface area contributed by atoms with Crippen LogP contribution in [0.2, 0.25) is 0 Å². The van der Waals surface area contributed by atoms with Gasteiger partial charge in [-0.05, 0) is 69.5 Å². The molecule has 0 saturated carbocycles. The van der Waals surface area contributed by atoms with E-state index in [-0.39, 0.29) is 0 Å². The number of unbranched alkanes of at least 4 members (excludes halogenated alkanes) is 4. The van der Waals surface area contributed by atoms with Crippen molar-refractivity contribution in [3.63, 3.8) is 0 Å². The molecular weight excluding hydrogens is 374 g/mol. The maximum atomic E-state index is 11.1. The van der Waals surface area contributed by atoms with Crippen LogP contribution < -0.4 is 10.5 Å². The SMILES string of the molecule is CCCCCC=CCCCN(C)CCc1ccc(Oc2ccc(C(N)=O)cn2)cc1. The smallest absolute Gasteiger partial charge is 0.250 e. The van der Waals surface area contributed by atoms with E-state index in [9.17, 15) is 4.79 Å². The van der Waals surface area contributed by atoms with Crippen LogP contribution in [0.15, 0.2) is 54.7 Å². The minimum atomic E-state index is -0.498. The van der Waals surface area contributed by atoms with E-state index in [1.54, 1.807) is 12.1 Å². The second kappa shape index (κ2) is 13.5. The number of benzene rings is 1. The van der Waals surface area contributed by atoms with Crippen molar-refractivity contribution in [1.29, 1.82) is 0 Å². The molecule has 0 fully saturated rings. The highest BCUT2D eigenvalue weighted by Gasteiger charge is 2.04. The second-order valence-corrected chi connectivity index (χ2v) is 7.66. The van der Waals surface area contributed by atoms with Crippen molar-refractivity contribution in [2.75, 3.05) is 20.1 Å². The lowest BCUT2D eigenvalue weighted by Gasteiger charge is -2.16. The van der Waals surface area contributed by atoms with E-state index in [1.807, 2.05) is 12.1 Å². The summed E-state index contributed by atoms with van der Waals surface area (Å²) in [5.74, 6) is 0.659. The van der Waals surface area contributed by atoms with Gasteiger partial charge in [0.15, 0.2) is 0 Å². The van der Waals surface area contributed by atoms with Crippen molar-refractivity contribution in [1.82, 2.24) is 9.88 Å². The van der Waals surface area contributed by atoms with E-state index in [0.29, 0.717) is 11.4 Å². The summed E-state index contributed by atoms with van der Waals surface area (Å²) < 4.78 is 5.72. The van der Waals surface area contributed by atoms with Gasteiger partial charge in [-0.25, -0.2) is 4.98 Å². The number of likely N-dealkylation sites (N-methyl/N-ethyl adjacent to an activating group) is 1. The largest absolute Gasteiger partial charge is 0.439 e. The average Bonchev–Trinajstić information content (AvgIpc) is 2.75. The van der Waals surface area contributed by atoms with Gasteiger partial charge in [0, 0.05) is 18.8 Å². The zero-order chi connectivity index (χ0) is 21.6. The molecule has 5 nitrogen and oxygen atoms in total.